The number of aryl methyl sites for hydroxylation is 1. The van der Waals surface area contributed by atoms with Crippen molar-refractivity contribution in [2.45, 2.75) is 13.8 Å². The molecule has 0 aliphatic carbocycles. The number of amides is 1. The van der Waals surface area contributed by atoms with Crippen LogP contribution in [-0.2, 0) is 4.79 Å². The first kappa shape index (κ1) is 17.0. The van der Waals surface area contributed by atoms with Crippen molar-refractivity contribution in [2.24, 2.45) is 0 Å². The van der Waals surface area contributed by atoms with Gasteiger partial charge in [0.2, 0.25) is 0 Å². The van der Waals surface area contributed by atoms with E-state index in [-0.39, 0.29) is 11.4 Å². The van der Waals surface area contributed by atoms with Crippen molar-refractivity contribution in [3.05, 3.63) is 71.4 Å². The van der Waals surface area contributed by atoms with Gasteiger partial charge in [-0.3, -0.25) is 9.59 Å². The van der Waals surface area contributed by atoms with E-state index >= 15 is 0 Å². The van der Waals surface area contributed by atoms with E-state index in [9.17, 15) is 14.9 Å². The second kappa shape index (κ2) is 7.75. The second-order valence-electron chi connectivity index (χ2n) is 5.27. The predicted molar refractivity (Wildman–Crippen MR) is 93.6 cm³/mol. The number of hydrogen-bond acceptors (Lipinski definition) is 4. The van der Waals surface area contributed by atoms with E-state index in [1.54, 1.807) is 30.3 Å². The molecule has 0 atom stereocenters. The van der Waals surface area contributed by atoms with Crippen LogP contribution in [0.15, 0.2) is 60.3 Å². The zero-order valence-electron chi connectivity index (χ0n) is 13.5. The maximum absolute atomic E-state index is 12.2. The summed E-state index contributed by atoms with van der Waals surface area (Å²) in [6.07, 6.45) is 1.32. The van der Waals surface area contributed by atoms with Crippen LogP contribution in [-0.4, -0.2) is 11.7 Å². The molecule has 0 aliphatic heterocycles. The molecule has 2 aromatic rings. The predicted octanol–water partition coefficient (Wildman–Crippen LogP) is 3.66. The van der Waals surface area contributed by atoms with Gasteiger partial charge in [-0.15, -0.1) is 0 Å². The number of hydrogen-bond donors (Lipinski definition) is 2. The van der Waals surface area contributed by atoms with Gasteiger partial charge in [0.1, 0.15) is 11.6 Å². The minimum Gasteiger partial charge on any atom is -0.360 e. The summed E-state index contributed by atoms with van der Waals surface area (Å²) in [6, 6.07) is 16.0. The molecule has 1 amide bonds. The van der Waals surface area contributed by atoms with Crippen molar-refractivity contribution in [1.29, 1.82) is 5.26 Å². The number of benzene rings is 2. The van der Waals surface area contributed by atoms with Crippen molar-refractivity contribution in [3.63, 3.8) is 0 Å². The summed E-state index contributed by atoms with van der Waals surface area (Å²) in [4.78, 5) is 23.5. The summed E-state index contributed by atoms with van der Waals surface area (Å²) in [5.41, 5.74) is 2.74. The Hall–Kier alpha value is -3.39. The maximum Gasteiger partial charge on any atom is 0.267 e. The zero-order valence-corrected chi connectivity index (χ0v) is 13.5. The zero-order chi connectivity index (χ0) is 17.5. The van der Waals surface area contributed by atoms with Gasteiger partial charge in [-0.1, -0.05) is 24.3 Å². The molecule has 0 aromatic heterocycles. The van der Waals surface area contributed by atoms with Crippen LogP contribution in [0.1, 0.15) is 22.8 Å². The lowest BCUT2D eigenvalue weighted by molar-refractivity contribution is -0.112. The lowest BCUT2D eigenvalue weighted by atomic mass is 10.1. The van der Waals surface area contributed by atoms with Gasteiger partial charge in [0.15, 0.2) is 5.78 Å². The van der Waals surface area contributed by atoms with Crippen molar-refractivity contribution in [1.82, 2.24) is 0 Å². The molecule has 0 fully saturated rings. The summed E-state index contributed by atoms with van der Waals surface area (Å²) in [5, 5.41) is 14.7. The monoisotopic (exact) mass is 319 g/mol. The van der Waals surface area contributed by atoms with E-state index in [0.29, 0.717) is 16.9 Å². The molecule has 0 saturated carbocycles. The minimum absolute atomic E-state index is 0.0553. The molecule has 0 saturated heterocycles. The van der Waals surface area contributed by atoms with Crippen LogP contribution in [0.25, 0.3) is 0 Å². The minimum atomic E-state index is -0.502. The summed E-state index contributed by atoms with van der Waals surface area (Å²) in [5.74, 6) is -0.557. The third-order valence-electron chi connectivity index (χ3n) is 3.29. The van der Waals surface area contributed by atoms with Crippen LogP contribution in [0.3, 0.4) is 0 Å². The average Bonchev–Trinajstić information content (AvgIpc) is 2.55. The number of nitrogens with zero attached hydrogens (tertiary/aromatic N) is 1. The van der Waals surface area contributed by atoms with Gasteiger partial charge >= 0.3 is 0 Å². The normalized spacial score (nSPS) is 10.6. The van der Waals surface area contributed by atoms with Crippen LogP contribution in [0.2, 0.25) is 0 Å². The van der Waals surface area contributed by atoms with Gasteiger partial charge in [-0.05, 0) is 43.7 Å². The van der Waals surface area contributed by atoms with Gasteiger partial charge in [0, 0.05) is 23.1 Å². The smallest absolute Gasteiger partial charge is 0.267 e. The Bertz CT molecular complexity index is 848. The van der Waals surface area contributed by atoms with E-state index in [1.165, 1.54) is 13.1 Å². The Morgan fingerprint density at radius 1 is 1.08 bits per heavy atom. The van der Waals surface area contributed by atoms with E-state index in [1.807, 2.05) is 31.2 Å². The fourth-order valence-corrected chi connectivity index (χ4v) is 2.05. The molecule has 5 heteroatoms. The molecule has 24 heavy (non-hydrogen) atoms. The summed E-state index contributed by atoms with van der Waals surface area (Å²) >= 11 is 0. The number of nitrogens with one attached hydrogen (secondary N) is 2. The molecule has 0 radical (unpaired) electrons. The van der Waals surface area contributed by atoms with E-state index in [2.05, 4.69) is 10.6 Å². The largest absolute Gasteiger partial charge is 0.360 e. The number of carbonyl (C=O) groups excluding carboxylic acids is 2. The van der Waals surface area contributed by atoms with Gasteiger partial charge in [0.25, 0.3) is 5.91 Å². The Morgan fingerprint density at radius 2 is 1.79 bits per heavy atom. The van der Waals surface area contributed by atoms with Gasteiger partial charge in [-0.2, -0.15) is 5.26 Å². The van der Waals surface area contributed by atoms with Crippen LogP contribution in [0.4, 0.5) is 11.4 Å². The van der Waals surface area contributed by atoms with Crippen molar-refractivity contribution in [3.8, 4) is 6.07 Å². The molecule has 0 unspecified atom stereocenters. The standard InChI is InChI=1S/C19H17N3O2/c1-13-5-3-8-18(9-13)22-19(24)16(11-20)12-21-17-7-4-6-15(10-17)14(2)23/h3-10,12,21H,1-2H3,(H,22,24)/b16-12-. The molecule has 0 heterocycles. The topological polar surface area (TPSA) is 82.0 Å². The molecular formula is C19H17N3O2. The molecule has 2 rings (SSSR count). The number of anilines is 2. The van der Waals surface area contributed by atoms with Gasteiger partial charge in [-0.25, -0.2) is 0 Å². The molecule has 0 bridgehead atoms. The fraction of sp³-hybridized carbons (Fsp3) is 0.105. The van der Waals surface area contributed by atoms with Crippen molar-refractivity contribution in [2.75, 3.05) is 10.6 Å². The average molecular weight is 319 g/mol. The Labute approximate surface area is 140 Å². The van der Waals surface area contributed by atoms with Crippen LogP contribution in [0.5, 0.6) is 0 Å². The number of carbonyl (C=O) groups is 2. The van der Waals surface area contributed by atoms with Crippen LogP contribution < -0.4 is 10.6 Å². The Kier molecular flexibility index (Phi) is 5.48. The molecular weight excluding hydrogens is 302 g/mol. The van der Waals surface area contributed by atoms with E-state index in [4.69, 9.17) is 0 Å². The molecule has 0 spiro atoms. The molecule has 2 N–H and O–H groups in total. The number of nitriles is 1. The van der Waals surface area contributed by atoms with Crippen LogP contribution >= 0.6 is 0 Å². The fourth-order valence-electron chi connectivity index (χ4n) is 2.05. The number of rotatable bonds is 5. The first-order chi connectivity index (χ1) is 11.5. The highest BCUT2D eigenvalue weighted by Crippen LogP contribution is 2.13. The van der Waals surface area contributed by atoms with Gasteiger partial charge < -0.3 is 10.6 Å². The second-order valence-corrected chi connectivity index (χ2v) is 5.27. The van der Waals surface area contributed by atoms with E-state index < -0.39 is 5.91 Å². The summed E-state index contributed by atoms with van der Waals surface area (Å²) in [7, 11) is 0. The molecule has 2 aromatic carbocycles. The maximum atomic E-state index is 12.2. The van der Waals surface area contributed by atoms with Crippen molar-refractivity contribution < 1.29 is 9.59 Å². The van der Waals surface area contributed by atoms with Gasteiger partial charge in [0.05, 0.1) is 0 Å². The van der Waals surface area contributed by atoms with E-state index in [0.717, 1.165) is 5.56 Å². The summed E-state index contributed by atoms with van der Waals surface area (Å²) in [6.45, 7) is 3.39. The number of Topliss-reactive ketones (excluding diaryl/α,β-unsaturated/α-hetero) is 1. The highest BCUT2D eigenvalue weighted by molar-refractivity contribution is 6.06. The highest BCUT2D eigenvalue weighted by atomic mass is 16.1. The Morgan fingerprint density at radius 3 is 2.46 bits per heavy atom. The lowest BCUT2D eigenvalue weighted by Gasteiger charge is -2.06. The third-order valence-corrected chi connectivity index (χ3v) is 3.29. The third kappa shape index (κ3) is 4.55. The van der Waals surface area contributed by atoms with Crippen molar-refractivity contribution >= 4 is 23.1 Å². The molecule has 0 aliphatic rings. The lowest BCUT2D eigenvalue weighted by Crippen LogP contribution is -2.14. The highest BCUT2D eigenvalue weighted by Gasteiger charge is 2.09. The first-order valence-corrected chi connectivity index (χ1v) is 7.35. The number of ketones is 1. The first-order valence-electron chi connectivity index (χ1n) is 7.35. The molecule has 5 nitrogen and oxygen atoms in total. The molecule has 120 valence electrons. The quantitative estimate of drug-likeness (QED) is 0.500. The van der Waals surface area contributed by atoms with Crippen LogP contribution in [0, 0.1) is 18.3 Å². The Balaban J connectivity index is 2.11. The SMILES string of the molecule is CC(=O)c1cccc(N/C=C(/C#N)C(=O)Nc2cccc(C)c2)c1. The summed E-state index contributed by atoms with van der Waals surface area (Å²) < 4.78 is 0.